The van der Waals surface area contributed by atoms with Gasteiger partial charge in [-0.1, -0.05) is 26.7 Å². The van der Waals surface area contributed by atoms with E-state index in [0.29, 0.717) is 13.5 Å². The van der Waals surface area contributed by atoms with Gasteiger partial charge in [0.25, 0.3) is 0 Å². The zero-order valence-electron chi connectivity index (χ0n) is 13.5. The molecular weight excluding hydrogens is 240 g/mol. The van der Waals surface area contributed by atoms with E-state index in [-0.39, 0.29) is 0 Å². The minimum atomic E-state index is 0.694. The van der Waals surface area contributed by atoms with Gasteiger partial charge in [0, 0.05) is 19.8 Å². The molecule has 0 radical (unpaired) electrons. The van der Waals surface area contributed by atoms with E-state index in [4.69, 9.17) is 9.47 Å². The first-order valence-electron chi connectivity index (χ1n) is 7.73. The first-order valence-corrected chi connectivity index (χ1v) is 7.73. The summed E-state index contributed by atoms with van der Waals surface area (Å²) in [6.07, 6.45) is 5.81. The zero-order valence-corrected chi connectivity index (χ0v) is 13.5. The third kappa shape index (κ3) is 14.1. The lowest BCUT2D eigenvalue weighted by Gasteiger charge is -2.23. The smallest absolute Gasteiger partial charge is 0.101 e. The molecule has 0 amide bonds. The van der Waals surface area contributed by atoms with Gasteiger partial charge in [-0.3, -0.25) is 4.90 Å². The van der Waals surface area contributed by atoms with Gasteiger partial charge in [-0.05, 0) is 39.9 Å². The molecule has 0 N–H and O–H groups in total. The molecule has 0 fully saturated rings. The summed E-state index contributed by atoms with van der Waals surface area (Å²) in [5.41, 5.74) is 0. The highest BCUT2D eigenvalue weighted by Gasteiger charge is 2.05. The molecule has 0 spiro atoms. The molecule has 0 heterocycles. The summed E-state index contributed by atoms with van der Waals surface area (Å²) in [6, 6.07) is 0. The number of nitrogens with zero attached hydrogens (tertiary/aromatic N) is 2. The maximum atomic E-state index is 5.68. The van der Waals surface area contributed by atoms with E-state index in [2.05, 4.69) is 37.7 Å². The predicted octanol–water partition coefficient (Wildman–Crippen LogP) is 2.79. The molecule has 0 bridgehead atoms. The van der Waals surface area contributed by atoms with Crippen molar-refractivity contribution in [1.82, 2.24) is 9.80 Å². The Labute approximate surface area is 120 Å². The van der Waals surface area contributed by atoms with Crippen LogP contribution in [0.1, 0.15) is 46.0 Å². The summed E-state index contributed by atoms with van der Waals surface area (Å²) in [6.45, 7) is 9.62. The van der Waals surface area contributed by atoms with Gasteiger partial charge in [-0.25, -0.2) is 0 Å². The van der Waals surface area contributed by atoms with Crippen molar-refractivity contribution in [3.8, 4) is 0 Å². The molecule has 0 aromatic rings. The average Bonchev–Trinajstić information content (AvgIpc) is 2.38. The molecule has 0 rings (SSSR count). The number of rotatable bonds is 14. The van der Waals surface area contributed by atoms with Crippen LogP contribution in [0.4, 0.5) is 0 Å². The van der Waals surface area contributed by atoms with E-state index >= 15 is 0 Å². The Bertz CT molecular complexity index is 166. The van der Waals surface area contributed by atoms with E-state index in [1.54, 1.807) is 0 Å². The fraction of sp³-hybridized carbons (Fsp3) is 1.00. The Morgan fingerprint density at radius 2 is 1.26 bits per heavy atom. The van der Waals surface area contributed by atoms with E-state index < -0.39 is 0 Å². The quantitative estimate of drug-likeness (QED) is 0.359. The Morgan fingerprint density at radius 3 is 1.68 bits per heavy atom. The number of unbranched alkanes of at least 4 members (excludes halogenated alkanes) is 2. The van der Waals surface area contributed by atoms with Crippen LogP contribution in [0, 0.1) is 0 Å². The molecule has 19 heavy (non-hydrogen) atoms. The summed E-state index contributed by atoms with van der Waals surface area (Å²) in [5.74, 6) is 0. The van der Waals surface area contributed by atoms with Crippen LogP contribution in [-0.4, -0.2) is 63.7 Å². The van der Waals surface area contributed by atoms with Crippen molar-refractivity contribution in [2.24, 2.45) is 0 Å². The average molecular weight is 274 g/mol. The second-order valence-corrected chi connectivity index (χ2v) is 5.33. The van der Waals surface area contributed by atoms with E-state index in [1.807, 2.05) is 0 Å². The summed E-state index contributed by atoms with van der Waals surface area (Å²) in [4.78, 5) is 4.48. The SMILES string of the molecule is CCCCOCN(CCCN(C)C)COCCCC. The molecule has 0 aromatic carbocycles. The van der Waals surface area contributed by atoms with Gasteiger partial charge < -0.3 is 14.4 Å². The van der Waals surface area contributed by atoms with Gasteiger partial charge in [-0.2, -0.15) is 0 Å². The normalized spacial score (nSPS) is 11.7. The largest absolute Gasteiger partial charge is 0.366 e. The lowest BCUT2D eigenvalue weighted by Crippen LogP contribution is -2.32. The molecule has 0 aliphatic rings. The third-order valence-electron chi connectivity index (χ3n) is 2.91. The maximum absolute atomic E-state index is 5.68. The van der Waals surface area contributed by atoms with Crippen LogP contribution in [0.15, 0.2) is 0 Å². The Hall–Kier alpha value is -0.160. The topological polar surface area (TPSA) is 24.9 Å². The van der Waals surface area contributed by atoms with Gasteiger partial charge in [0.2, 0.25) is 0 Å². The number of ether oxygens (including phenoxy) is 2. The summed E-state index contributed by atoms with van der Waals surface area (Å²) in [5, 5.41) is 0. The van der Waals surface area contributed by atoms with Gasteiger partial charge in [-0.15, -0.1) is 0 Å². The van der Waals surface area contributed by atoms with Crippen LogP contribution >= 0.6 is 0 Å². The third-order valence-corrected chi connectivity index (χ3v) is 2.91. The molecule has 0 aromatic heterocycles. The van der Waals surface area contributed by atoms with E-state index in [0.717, 1.165) is 45.6 Å². The van der Waals surface area contributed by atoms with E-state index in [9.17, 15) is 0 Å². The summed E-state index contributed by atoms with van der Waals surface area (Å²) in [7, 11) is 4.22. The maximum Gasteiger partial charge on any atom is 0.101 e. The van der Waals surface area contributed by atoms with Crippen molar-refractivity contribution in [3.63, 3.8) is 0 Å². The minimum absolute atomic E-state index is 0.694. The molecule has 0 aliphatic heterocycles. The van der Waals surface area contributed by atoms with Crippen LogP contribution in [0.5, 0.6) is 0 Å². The molecule has 0 atom stereocenters. The molecule has 0 aliphatic carbocycles. The van der Waals surface area contributed by atoms with Crippen LogP contribution in [0.2, 0.25) is 0 Å². The number of hydrogen-bond acceptors (Lipinski definition) is 4. The van der Waals surface area contributed by atoms with Gasteiger partial charge >= 0.3 is 0 Å². The van der Waals surface area contributed by atoms with Crippen molar-refractivity contribution < 1.29 is 9.47 Å². The molecule has 4 heteroatoms. The van der Waals surface area contributed by atoms with Crippen LogP contribution in [0.25, 0.3) is 0 Å². The van der Waals surface area contributed by atoms with Crippen LogP contribution < -0.4 is 0 Å². The van der Waals surface area contributed by atoms with Crippen LogP contribution in [0.3, 0.4) is 0 Å². The van der Waals surface area contributed by atoms with Crippen molar-refractivity contribution in [1.29, 1.82) is 0 Å². The Morgan fingerprint density at radius 1 is 0.737 bits per heavy atom. The monoisotopic (exact) mass is 274 g/mol. The highest BCUT2D eigenvalue weighted by Crippen LogP contribution is 1.98. The van der Waals surface area contributed by atoms with Crippen molar-refractivity contribution >= 4 is 0 Å². The molecule has 4 nitrogen and oxygen atoms in total. The van der Waals surface area contributed by atoms with Crippen molar-refractivity contribution in [3.05, 3.63) is 0 Å². The second kappa shape index (κ2) is 14.3. The highest BCUT2D eigenvalue weighted by molar-refractivity contribution is 4.52. The first kappa shape index (κ1) is 18.8. The minimum Gasteiger partial charge on any atom is -0.366 e. The summed E-state index contributed by atoms with van der Waals surface area (Å²) < 4.78 is 11.4. The lowest BCUT2D eigenvalue weighted by atomic mass is 10.3. The standard InChI is InChI=1S/C15H34N2O2/c1-5-7-12-18-14-17(11-9-10-16(3)4)15-19-13-8-6-2/h5-15H2,1-4H3. The van der Waals surface area contributed by atoms with Crippen molar-refractivity contribution in [2.45, 2.75) is 46.0 Å². The van der Waals surface area contributed by atoms with Gasteiger partial charge in [0.1, 0.15) is 13.5 Å². The molecule has 116 valence electrons. The number of hydrogen-bond donors (Lipinski definition) is 0. The molecular formula is C15H34N2O2. The lowest BCUT2D eigenvalue weighted by molar-refractivity contribution is -0.0466. The fourth-order valence-electron chi connectivity index (χ4n) is 1.66. The Kier molecular flexibility index (Phi) is 14.1. The Balaban J connectivity index is 3.72. The van der Waals surface area contributed by atoms with Gasteiger partial charge in [0.15, 0.2) is 0 Å². The summed E-state index contributed by atoms with van der Waals surface area (Å²) >= 11 is 0. The molecule has 0 unspecified atom stereocenters. The fourth-order valence-corrected chi connectivity index (χ4v) is 1.66. The first-order chi connectivity index (χ1) is 9.20. The molecule has 0 saturated carbocycles. The zero-order chi connectivity index (χ0) is 14.3. The molecule has 0 saturated heterocycles. The van der Waals surface area contributed by atoms with Crippen molar-refractivity contribution in [2.75, 3.05) is 53.9 Å². The van der Waals surface area contributed by atoms with E-state index in [1.165, 1.54) is 12.8 Å². The van der Waals surface area contributed by atoms with Crippen LogP contribution in [-0.2, 0) is 9.47 Å². The predicted molar refractivity (Wildman–Crippen MR) is 81.3 cm³/mol. The van der Waals surface area contributed by atoms with Gasteiger partial charge in [0.05, 0.1) is 0 Å². The second-order valence-electron chi connectivity index (χ2n) is 5.33. The highest BCUT2D eigenvalue weighted by atomic mass is 16.5.